The van der Waals surface area contributed by atoms with E-state index in [-0.39, 0.29) is 18.4 Å². The molecule has 0 atom stereocenters. The van der Waals surface area contributed by atoms with E-state index in [1.54, 1.807) is 36.5 Å². The predicted molar refractivity (Wildman–Crippen MR) is 102 cm³/mol. The van der Waals surface area contributed by atoms with E-state index in [0.29, 0.717) is 28.3 Å². The molecular weight excluding hydrogens is 332 g/mol. The van der Waals surface area contributed by atoms with Gasteiger partial charge in [0.05, 0.1) is 18.2 Å². The molecule has 0 fully saturated rings. The highest BCUT2D eigenvalue weighted by molar-refractivity contribution is 5.96. The van der Waals surface area contributed by atoms with E-state index in [1.165, 1.54) is 7.11 Å². The molecule has 0 bridgehead atoms. The highest BCUT2D eigenvalue weighted by Gasteiger charge is 2.25. The fourth-order valence-electron chi connectivity index (χ4n) is 2.41. The quantitative estimate of drug-likeness (QED) is 0.656. The van der Waals surface area contributed by atoms with Gasteiger partial charge in [-0.25, -0.2) is 4.98 Å². The first-order valence-corrected chi connectivity index (χ1v) is 8.02. The first-order valence-electron chi connectivity index (χ1n) is 8.02. The van der Waals surface area contributed by atoms with Crippen LogP contribution in [0, 0.1) is 0 Å². The number of amides is 1. The number of nitrogen functional groups attached to an aromatic ring is 1. The van der Waals surface area contributed by atoms with Gasteiger partial charge in [0.15, 0.2) is 0 Å². The Morgan fingerprint density at radius 3 is 2.69 bits per heavy atom. The zero-order chi connectivity index (χ0) is 19.3. The van der Waals surface area contributed by atoms with Crippen molar-refractivity contribution in [1.82, 2.24) is 10.3 Å². The maximum Gasteiger partial charge on any atom is 0.257 e. The van der Waals surface area contributed by atoms with E-state index in [9.17, 15) is 4.79 Å². The summed E-state index contributed by atoms with van der Waals surface area (Å²) in [7, 11) is 1.47. The molecule has 0 saturated carbocycles. The minimum absolute atomic E-state index is 0.199. The molecule has 2 aromatic rings. The lowest BCUT2D eigenvalue weighted by Crippen LogP contribution is -2.48. The molecular formula is C19H24N4O3. The summed E-state index contributed by atoms with van der Waals surface area (Å²) < 4.78 is 11.0. The van der Waals surface area contributed by atoms with Gasteiger partial charge in [-0.1, -0.05) is 12.6 Å². The third-order valence-electron chi connectivity index (χ3n) is 3.63. The van der Waals surface area contributed by atoms with Crippen LogP contribution in [0.2, 0.25) is 0 Å². The molecule has 26 heavy (non-hydrogen) atoms. The van der Waals surface area contributed by atoms with E-state index in [4.69, 9.17) is 20.9 Å². The largest absolute Gasteiger partial charge is 0.490 e. The number of hydrogen-bond donors (Lipinski definition) is 3. The Balaban J connectivity index is 2.11. The lowest BCUT2D eigenvalue weighted by molar-refractivity contribution is 0.0877. The zero-order valence-electron chi connectivity index (χ0n) is 15.2. The van der Waals surface area contributed by atoms with Gasteiger partial charge in [-0.2, -0.15) is 0 Å². The first-order chi connectivity index (χ1) is 12.2. The second-order valence-electron chi connectivity index (χ2n) is 6.43. The molecule has 0 aliphatic rings. The Morgan fingerprint density at radius 2 is 2.04 bits per heavy atom. The van der Waals surface area contributed by atoms with Crippen molar-refractivity contribution in [3.8, 4) is 11.6 Å². The van der Waals surface area contributed by atoms with Gasteiger partial charge >= 0.3 is 0 Å². The Bertz CT molecular complexity index is 818. The highest BCUT2D eigenvalue weighted by atomic mass is 16.5. The fourth-order valence-corrected chi connectivity index (χ4v) is 2.41. The van der Waals surface area contributed by atoms with Crippen molar-refractivity contribution in [3.63, 3.8) is 0 Å². The predicted octanol–water partition coefficient (Wildman–Crippen LogP) is 2.19. The van der Waals surface area contributed by atoms with Gasteiger partial charge in [0.1, 0.15) is 17.9 Å². The molecule has 0 radical (unpaired) electrons. The Hall–Kier alpha value is -3.22. The van der Waals surface area contributed by atoms with Crippen LogP contribution >= 0.6 is 0 Å². The summed E-state index contributed by atoms with van der Waals surface area (Å²) in [4.78, 5) is 16.6. The normalized spacial score (nSPS) is 10.9. The van der Waals surface area contributed by atoms with Crippen LogP contribution in [0.1, 0.15) is 29.8 Å². The number of benzene rings is 1. The molecule has 5 N–H and O–H groups in total. The number of nitrogens with zero attached hydrogens (tertiary/aromatic N) is 1. The Morgan fingerprint density at radius 1 is 1.31 bits per heavy atom. The first kappa shape index (κ1) is 19.1. The molecule has 2 rings (SSSR count). The molecule has 0 spiro atoms. The highest BCUT2D eigenvalue weighted by Crippen LogP contribution is 2.29. The summed E-state index contributed by atoms with van der Waals surface area (Å²) in [5.74, 6) is 0.470. The zero-order valence-corrected chi connectivity index (χ0v) is 15.2. The number of aromatic nitrogens is 1. The molecule has 138 valence electrons. The Labute approximate surface area is 153 Å². The van der Waals surface area contributed by atoms with Crippen LogP contribution in [-0.2, 0) is 0 Å². The Kier molecular flexibility index (Phi) is 5.71. The average Bonchev–Trinajstić information content (AvgIpc) is 2.59. The van der Waals surface area contributed by atoms with Gasteiger partial charge in [-0.05, 0) is 38.1 Å². The van der Waals surface area contributed by atoms with Gasteiger partial charge in [-0.15, -0.1) is 0 Å². The fraction of sp³-hybridized carbons (Fsp3) is 0.263. The molecule has 7 nitrogen and oxygen atoms in total. The van der Waals surface area contributed by atoms with Gasteiger partial charge in [0, 0.05) is 17.6 Å². The SMILES string of the molecule is C=C(N)c1c(N)cccc1OCC(C)(C)NC(=O)c1cccnc1OC. The van der Waals surface area contributed by atoms with E-state index < -0.39 is 5.54 Å². The van der Waals surface area contributed by atoms with E-state index in [2.05, 4.69) is 16.9 Å². The number of nitrogens with two attached hydrogens (primary N) is 2. The topological polar surface area (TPSA) is 112 Å². The minimum atomic E-state index is -0.671. The third-order valence-corrected chi connectivity index (χ3v) is 3.63. The van der Waals surface area contributed by atoms with Crippen LogP contribution in [0.15, 0.2) is 43.1 Å². The van der Waals surface area contributed by atoms with Crippen LogP contribution < -0.4 is 26.3 Å². The van der Waals surface area contributed by atoms with Gasteiger partial charge in [0.2, 0.25) is 5.88 Å². The molecule has 0 unspecified atom stereocenters. The number of hydrogen-bond acceptors (Lipinski definition) is 6. The number of nitrogens with one attached hydrogen (secondary N) is 1. The molecule has 1 aromatic carbocycles. The maximum atomic E-state index is 12.5. The van der Waals surface area contributed by atoms with E-state index >= 15 is 0 Å². The average molecular weight is 356 g/mol. The van der Waals surface area contributed by atoms with Crippen LogP contribution in [0.4, 0.5) is 5.69 Å². The number of pyridine rings is 1. The van der Waals surface area contributed by atoms with Crippen molar-refractivity contribution in [2.45, 2.75) is 19.4 Å². The van der Waals surface area contributed by atoms with Crippen LogP contribution in [0.25, 0.3) is 5.70 Å². The number of carbonyl (C=O) groups excluding carboxylic acids is 1. The number of ether oxygens (including phenoxy) is 2. The summed E-state index contributed by atoms with van der Waals surface area (Å²) in [6, 6.07) is 8.57. The van der Waals surface area contributed by atoms with Crippen LogP contribution in [-0.4, -0.2) is 30.1 Å². The van der Waals surface area contributed by atoms with Gasteiger partial charge in [0.25, 0.3) is 5.91 Å². The maximum absolute atomic E-state index is 12.5. The third kappa shape index (κ3) is 4.44. The van der Waals surface area contributed by atoms with Crippen molar-refractivity contribution in [2.75, 3.05) is 19.5 Å². The standard InChI is InChI=1S/C19H24N4O3/c1-12(20)16-14(21)8-5-9-15(16)26-11-19(2,3)23-17(24)13-7-6-10-22-18(13)25-4/h5-10H,1,11,20-21H2,2-4H3,(H,23,24). The van der Waals surface area contributed by atoms with Crippen LogP contribution in [0.5, 0.6) is 11.6 Å². The summed E-state index contributed by atoms with van der Waals surface area (Å²) in [6.45, 7) is 7.61. The molecule has 0 aliphatic carbocycles. The van der Waals surface area contributed by atoms with Crippen molar-refractivity contribution in [2.24, 2.45) is 5.73 Å². The number of methoxy groups -OCH3 is 1. The molecule has 1 aromatic heterocycles. The molecule has 7 heteroatoms. The molecule has 1 heterocycles. The number of rotatable bonds is 7. The van der Waals surface area contributed by atoms with Crippen LogP contribution in [0.3, 0.4) is 0 Å². The van der Waals surface area contributed by atoms with E-state index in [1.807, 2.05) is 13.8 Å². The number of anilines is 1. The smallest absolute Gasteiger partial charge is 0.257 e. The minimum Gasteiger partial charge on any atom is -0.490 e. The molecule has 0 aliphatic heterocycles. The van der Waals surface area contributed by atoms with Crippen molar-refractivity contribution in [1.29, 1.82) is 0 Å². The molecule has 1 amide bonds. The van der Waals surface area contributed by atoms with Crippen molar-refractivity contribution < 1.29 is 14.3 Å². The van der Waals surface area contributed by atoms with Gasteiger partial charge < -0.3 is 26.3 Å². The van der Waals surface area contributed by atoms with Crippen molar-refractivity contribution in [3.05, 3.63) is 54.2 Å². The van der Waals surface area contributed by atoms with E-state index in [0.717, 1.165) is 0 Å². The van der Waals surface area contributed by atoms with Gasteiger partial charge in [-0.3, -0.25) is 4.79 Å². The summed E-state index contributed by atoms with van der Waals surface area (Å²) >= 11 is 0. The second-order valence-corrected chi connectivity index (χ2v) is 6.43. The summed E-state index contributed by atoms with van der Waals surface area (Å²) in [5.41, 5.74) is 12.8. The van der Waals surface area contributed by atoms with Crippen molar-refractivity contribution >= 4 is 17.3 Å². The lowest BCUT2D eigenvalue weighted by Gasteiger charge is -2.27. The molecule has 0 saturated heterocycles. The number of carbonyl (C=O) groups is 1. The second kappa shape index (κ2) is 7.77. The lowest BCUT2D eigenvalue weighted by atomic mass is 10.1. The summed E-state index contributed by atoms with van der Waals surface area (Å²) in [6.07, 6.45) is 1.56. The summed E-state index contributed by atoms with van der Waals surface area (Å²) in [5, 5.41) is 2.91. The monoisotopic (exact) mass is 356 g/mol.